The lowest BCUT2D eigenvalue weighted by atomic mass is 10.1. The third-order valence-electron chi connectivity index (χ3n) is 4.26. The fraction of sp³-hybridized carbons (Fsp3) is 0.0455. The Morgan fingerprint density at radius 3 is 2.52 bits per heavy atom. The van der Waals surface area contributed by atoms with Crippen molar-refractivity contribution in [3.8, 4) is 11.3 Å². The predicted octanol–water partition coefficient (Wildman–Crippen LogP) is 5.70. The number of nitrogens with zero attached hydrogens (tertiary/aromatic N) is 3. The van der Waals surface area contributed by atoms with Gasteiger partial charge in [0.1, 0.15) is 0 Å². The highest BCUT2D eigenvalue weighted by Gasteiger charge is 2.10. The van der Waals surface area contributed by atoms with Crippen LogP contribution in [0.15, 0.2) is 77.9 Å². The molecular formula is C22H17ClN4. The molecule has 0 spiro atoms. The van der Waals surface area contributed by atoms with Crippen molar-refractivity contribution < 1.29 is 0 Å². The van der Waals surface area contributed by atoms with E-state index >= 15 is 0 Å². The first-order chi connectivity index (χ1) is 13.2. The number of benzene rings is 3. The molecule has 0 unspecified atom stereocenters. The van der Waals surface area contributed by atoms with Crippen LogP contribution in [0.1, 0.15) is 11.1 Å². The van der Waals surface area contributed by atoms with Crippen LogP contribution in [0.2, 0.25) is 5.02 Å². The van der Waals surface area contributed by atoms with Crippen molar-refractivity contribution >= 4 is 34.7 Å². The third-order valence-corrected chi connectivity index (χ3v) is 4.50. The molecule has 0 amide bonds. The van der Waals surface area contributed by atoms with Crippen LogP contribution in [0.25, 0.3) is 22.2 Å². The molecule has 0 fully saturated rings. The number of hydrogen-bond acceptors (Lipinski definition) is 4. The molecule has 1 aromatic heterocycles. The second-order valence-corrected chi connectivity index (χ2v) is 6.59. The summed E-state index contributed by atoms with van der Waals surface area (Å²) in [5.74, 6) is 0.438. The number of aryl methyl sites for hydroxylation is 1. The van der Waals surface area contributed by atoms with Crippen molar-refractivity contribution in [2.24, 2.45) is 5.10 Å². The lowest BCUT2D eigenvalue weighted by Crippen LogP contribution is -2.00. The van der Waals surface area contributed by atoms with Gasteiger partial charge in [-0.05, 0) is 36.2 Å². The average Bonchev–Trinajstić information content (AvgIpc) is 2.70. The molecule has 0 saturated heterocycles. The second kappa shape index (κ2) is 7.56. The molecule has 0 aliphatic carbocycles. The number of aromatic nitrogens is 2. The number of hydrogen-bond donors (Lipinski definition) is 1. The highest BCUT2D eigenvalue weighted by atomic mass is 35.5. The van der Waals surface area contributed by atoms with Gasteiger partial charge in [-0.15, -0.1) is 0 Å². The van der Waals surface area contributed by atoms with Crippen LogP contribution in [0.5, 0.6) is 0 Å². The first kappa shape index (κ1) is 17.2. The summed E-state index contributed by atoms with van der Waals surface area (Å²) < 4.78 is 0. The van der Waals surface area contributed by atoms with Gasteiger partial charge in [-0.25, -0.2) is 15.4 Å². The molecular weight excluding hydrogens is 356 g/mol. The molecule has 3 aromatic carbocycles. The Labute approximate surface area is 162 Å². The normalized spacial score (nSPS) is 11.2. The van der Waals surface area contributed by atoms with Gasteiger partial charge < -0.3 is 0 Å². The zero-order chi connectivity index (χ0) is 18.6. The quantitative estimate of drug-likeness (QED) is 0.369. The number of anilines is 1. The summed E-state index contributed by atoms with van der Waals surface area (Å²) in [5.41, 5.74) is 7.77. The summed E-state index contributed by atoms with van der Waals surface area (Å²) in [6.45, 7) is 2.05. The molecule has 0 aliphatic rings. The van der Waals surface area contributed by atoms with Crippen LogP contribution in [0, 0.1) is 6.92 Å². The van der Waals surface area contributed by atoms with Crippen molar-refractivity contribution in [3.63, 3.8) is 0 Å². The highest BCUT2D eigenvalue weighted by molar-refractivity contribution is 6.31. The van der Waals surface area contributed by atoms with Crippen molar-refractivity contribution in [1.29, 1.82) is 0 Å². The predicted molar refractivity (Wildman–Crippen MR) is 112 cm³/mol. The number of halogens is 1. The largest absolute Gasteiger partial charge is 0.245 e. The standard InChI is InChI=1S/C22H17ClN4/c1-15-7-5-6-10-17(15)14-24-27-22-25-20-12-11-18(23)13-19(20)21(26-22)16-8-3-2-4-9-16/h2-14H,1H3,(H,25,26,27)/b24-14+. The number of nitrogens with one attached hydrogen (secondary N) is 1. The Hall–Kier alpha value is -3.24. The van der Waals surface area contributed by atoms with Crippen LogP contribution >= 0.6 is 11.6 Å². The number of hydrazone groups is 1. The molecule has 4 aromatic rings. The van der Waals surface area contributed by atoms with Gasteiger partial charge in [-0.2, -0.15) is 5.10 Å². The van der Waals surface area contributed by atoms with Crippen LogP contribution in [0.3, 0.4) is 0 Å². The van der Waals surface area contributed by atoms with Gasteiger partial charge in [0.05, 0.1) is 17.4 Å². The molecule has 5 heteroatoms. The van der Waals surface area contributed by atoms with Gasteiger partial charge in [0.15, 0.2) is 0 Å². The average molecular weight is 373 g/mol. The summed E-state index contributed by atoms with van der Waals surface area (Å²) in [6, 6.07) is 23.6. The Morgan fingerprint density at radius 2 is 1.70 bits per heavy atom. The van der Waals surface area contributed by atoms with Gasteiger partial charge in [0, 0.05) is 16.0 Å². The smallest absolute Gasteiger partial charge is 0.244 e. The van der Waals surface area contributed by atoms with E-state index in [1.54, 1.807) is 6.21 Å². The summed E-state index contributed by atoms with van der Waals surface area (Å²) >= 11 is 6.19. The van der Waals surface area contributed by atoms with E-state index in [9.17, 15) is 0 Å². The monoisotopic (exact) mass is 372 g/mol. The minimum atomic E-state index is 0.438. The third kappa shape index (κ3) is 3.81. The van der Waals surface area contributed by atoms with E-state index in [0.29, 0.717) is 11.0 Å². The highest BCUT2D eigenvalue weighted by Crippen LogP contribution is 2.29. The van der Waals surface area contributed by atoms with E-state index in [2.05, 4.69) is 20.5 Å². The molecule has 0 aliphatic heterocycles. The number of rotatable bonds is 4. The SMILES string of the molecule is Cc1ccccc1/C=N/Nc1nc(-c2ccccc2)c2cc(Cl)ccc2n1. The van der Waals surface area contributed by atoms with Crippen molar-refractivity contribution in [2.75, 3.05) is 5.43 Å². The maximum Gasteiger partial charge on any atom is 0.244 e. The van der Waals surface area contributed by atoms with Gasteiger partial charge in [-0.1, -0.05) is 66.2 Å². The Bertz CT molecular complexity index is 1120. The summed E-state index contributed by atoms with van der Waals surface area (Å²) in [6.07, 6.45) is 1.77. The zero-order valence-corrected chi connectivity index (χ0v) is 15.5. The fourth-order valence-electron chi connectivity index (χ4n) is 2.86. The van der Waals surface area contributed by atoms with Gasteiger partial charge in [0.2, 0.25) is 5.95 Å². The van der Waals surface area contributed by atoms with Crippen molar-refractivity contribution in [3.05, 3.63) is 88.9 Å². The minimum Gasteiger partial charge on any atom is -0.245 e. The lowest BCUT2D eigenvalue weighted by molar-refractivity contribution is 1.15. The van der Waals surface area contributed by atoms with Gasteiger partial charge in [-0.3, -0.25) is 0 Å². The van der Waals surface area contributed by atoms with E-state index < -0.39 is 0 Å². The van der Waals surface area contributed by atoms with Gasteiger partial charge >= 0.3 is 0 Å². The molecule has 0 radical (unpaired) electrons. The topological polar surface area (TPSA) is 50.2 Å². The summed E-state index contributed by atoms with van der Waals surface area (Å²) in [7, 11) is 0. The van der Waals surface area contributed by atoms with Crippen LogP contribution in [0.4, 0.5) is 5.95 Å². The van der Waals surface area contributed by atoms with E-state index in [-0.39, 0.29) is 0 Å². The maximum absolute atomic E-state index is 6.19. The van der Waals surface area contributed by atoms with Crippen LogP contribution in [-0.2, 0) is 0 Å². The Balaban J connectivity index is 1.74. The zero-order valence-electron chi connectivity index (χ0n) is 14.7. The van der Waals surface area contributed by atoms with E-state index in [0.717, 1.165) is 33.3 Å². The van der Waals surface area contributed by atoms with Crippen LogP contribution in [-0.4, -0.2) is 16.2 Å². The van der Waals surface area contributed by atoms with E-state index in [1.807, 2.05) is 79.7 Å². The molecule has 4 rings (SSSR count). The molecule has 0 saturated carbocycles. The molecule has 1 heterocycles. The molecule has 132 valence electrons. The lowest BCUT2D eigenvalue weighted by Gasteiger charge is -2.09. The van der Waals surface area contributed by atoms with Gasteiger partial charge in [0.25, 0.3) is 0 Å². The Morgan fingerprint density at radius 1 is 0.926 bits per heavy atom. The van der Waals surface area contributed by atoms with Crippen LogP contribution < -0.4 is 5.43 Å². The molecule has 4 nitrogen and oxygen atoms in total. The Kier molecular flexibility index (Phi) is 4.81. The minimum absolute atomic E-state index is 0.438. The summed E-state index contributed by atoms with van der Waals surface area (Å²) in [5, 5.41) is 5.86. The van der Waals surface area contributed by atoms with Crippen molar-refractivity contribution in [2.45, 2.75) is 6.92 Å². The molecule has 27 heavy (non-hydrogen) atoms. The van der Waals surface area contributed by atoms with Crippen molar-refractivity contribution in [1.82, 2.24) is 9.97 Å². The van der Waals surface area contributed by atoms with E-state index in [1.165, 1.54) is 0 Å². The first-order valence-corrected chi connectivity index (χ1v) is 8.96. The van der Waals surface area contributed by atoms with E-state index in [4.69, 9.17) is 11.6 Å². The second-order valence-electron chi connectivity index (χ2n) is 6.15. The summed E-state index contributed by atoms with van der Waals surface area (Å²) in [4.78, 5) is 9.23. The first-order valence-electron chi connectivity index (χ1n) is 8.58. The molecule has 0 atom stereocenters. The molecule has 0 bridgehead atoms. The fourth-order valence-corrected chi connectivity index (χ4v) is 3.03. The molecule has 1 N–H and O–H groups in total. The number of fused-ring (bicyclic) bond motifs is 1. The maximum atomic E-state index is 6.19.